The number of benzene rings is 1. The summed E-state index contributed by atoms with van der Waals surface area (Å²) in [6.45, 7) is 10.6. The maximum atomic E-state index is 12.2. The summed E-state index contributed by atoms with van der Waals surface area (Å²) in [7, 11) is 0. The molecular weight excluding hydrogens is 215 g/mol. The van der Waals surface area contributed by atoms with E-state index < -0.39 is 0 Å². The SMILES string of the molecule is C1CNCCN1.CC.CCc1ccc(F)cc1. The molecule has 0 amide bonds. The minimum Gasteiger partial charge on any atom is -0.314 e. The molecule has 1 heterocycles. The summed E-state index contributed by atoms with van der Waals surface area (Å²) in [6, 6.07) is 6.57. The maximum absolute atomic E-state index is 12.2. The molecule has 0 unspecified atom stereocenters. The van der Waals surface area contributed by atoms with E-state index in [4.69, 9.17) is 0 Å². The van der Waals surface area contributed by atoms with Gasteiger partial charge in [0.25, 0.3) is 0 Å². The summed E-state index contributed by atoms with van der Waals surface area (Å²) in [5, 5.41) is 6.44. The van der Waals surface area contributed by atoms with Gasteiger partial charge in [-0.3, -0.25) is 0 Å². The van der Waals surface area contributed by atoms with Gasteiger partial charge >= 0.3 is 0 Å². The molecule has 2 nitrogen and oxygen atoms in total. The van der Waals surface area contributed by atoms with Crippen molar-refractivity contribution in [2.75, 3.05) is 26.2 Å². The van der Waals surface area contributed by atoms with E-state index in [9.17, 15) is 4.39 Å². The highest BCUT2D eigenvalue weighted by atomic mass is 19.1. The van der Waals surface area contributed by atoms with Crippen LogP contribution in [0, 0.1) is 5.82 Å². The normalized spacial score (nSPS) is 13.9. The van der Waals surface area contributed by atoms with E-state index in [1.54, 1.807) is 12.1 Å². The Kier molecular flexibility index (Phi) is 10.9. The highest BCUT2D eigenvalue weighted by molar-refractivity contribution is 5.15. The second-order valence-electron chi connectivity index (χ2n) is 3.48. The third kappa shape index (κ3) is 8.83. The molecule has 1 saturated heterocycles. The molecule has 98 valence electrons. The average Bonchev–Trinajstić information content (AvgIpc) is 2.44. The van der Waals surface area contributed by atoms with Crippen molar-refractivity contribution in [1.82, 2.24) is 10.6 Å². The third-order valence-electron chi connectivity index (χ3n) is 2.28. The molecule has 2 N–H and O–H groups in total. The monoisotopic (exact) mass is 240 g/mol. The summed E-state index contributed by atoms with van der Waals surface area (Å²) in [4.78, 5) is 0. The van der Waals surface area contributed by atoms with Crippen LogP contribution in [0.1, 0.15) is 26.3 Å². The Hall–Kier alpha value is -0.930. The molecule has 2 rings (SSSR count). The Morgan fingerprint density at radius 1 is 0.941 bits per heavy atom. The lowest BCUT2D eigenvalue weighted by atomic mass is 10.2. The molecule has 1 aromatic carbocycles. The van der Waals surface area contributed by atoms with Crippen LogP contribution in [0.25, 0.3) is 0 Å². The number of halogens is 1. The molecular formula is C14H25FN2. The highest BCUT2D eigenvalue weighted by Crippen LogP contribution is 2.01. The summed E-state index contributed by atoms with van der Waals surface area (Å²) in [5.74, 6) is -0.160. The van der Waals surface area contributed by atoms with E-state index in [0.717, 1.165) is 32.6 Å². The van der Waals surface area contributed by atoms with E-state index in [1.165, 1.54) is 17.7 Å². The van der Waals surface area contributed by atoms with Crippen LogP contribution in [0.15, 0.2) is 24.3 Å². The minimum absolute atomic E-state index is 0.160. The van der Waals surface area contributed by atoms with Crippen LogP contribution >= 0.6 is 0 Å². The molecule has 0 aliphatic carbocycles. The standard InChI is InChI=1S/C8H9F.C4H10N2.C2H6/c1-2-7-3-5-8(9)6-4-7;1-2-6-4-3-5-1;1-2/h3-6H,2H2,1H3;5-6H,1-4H2;1-2H3. The first kappa shape index (κ1) is 16.1. The number of aryl methyl sites for hydroxylation is 1. The van der Waals surface area contributed by atoms with Crippen LogP contribution in [0.5, 0.6) is 0 Å². The molecule has 1 aliphatic rings. The molecule has 0 saturated carbocycles. The number of nitrogens with one attached hydrogen (secondary N) is 2. The van der Waals surface area contributed by atoms with Crippen molar-refractivity contribution >= 4 is 0 Å². The fraction of sp³-hybridized carbons (Fsp3) is 0.571. The molecule has 0 aromatic heterocycles. The molecule has 0 atom stereocenters. The minimum atomic E-state index is -0.160. The van der Waals surface area contributed by atoms with E-state index in [0.29, 0.717) is 0 Å². The smallest absolute Gasteiger partial charge is 0.123 e. The topological polar surface area (TPSA) is 24.1 Å². The number of rotatable bonds is 1. The third-order valence-corrected chi connectivity index (χ3v) is 2.28. The van der Waals surface area contributed by atoms with Gasteiger partial charge in [-0.25, -0.2) is 4.39 Å². The molecule has 1 fully saturated rings. The van der Waals surface area contributed by atoms with Gasteiger partial charge in [-0.15, -0.1) is 0 Å². The summed E-state index contributed by atoms with van der Waals surface area (Å²) in [6.07, 6.45) is 0.972. The van der Waals surface area contributed by atoms with E-state index >= 15 is 0 Å². The Bertz CT molecular complexity index is 244. The van der Waals surface area contributed by atoms with E-state index in [1.807, 2.05) is 20.8 Å². The molecule has 1 aliphatic heterocycles. The van der Waals surface area contributed by atoms with Crippen LogP contribution in [-0.4, -0.2) is 26.2 Å². The Morgan fingerprint density at radius 2 is 1.35 bits per heavy atom. The van der Waals surface area contributed by atoms with Crippen LogP contribution in [-0.2, 0) is 6.42 Å². The van der Waals surface area contributed by atoms with Crippen molar-refractivity contribution in [2.24, 2.45) is 0 Å². The summed E-state index contributed by atoms with van der Waals surface area (Å²) in [5.41, 5.74) is 1.18. The predicted octanol–water partition coefficient (Wildman–Crippen LogP) is 2.59. The zero-order valence-electron chi connectivity index (χ0n) is 11.2. The van der Waals surface area contributed by atoms with Crippen molar-refractivity contribution in [2.45, 2.75) is 27.2 Å². The highest BCUT2D eigenvalue weighted by Gasteiger charge is 1.91. The Balaban J connectivity index is 0.000000278. The van der Waals surface area contributed by atoms with E-state index in [-0.39, 0.29) is 5.82 Å². The van der Waals surface area contributed by atoms with Gasteiger partial charge in [0.05, 0.1) is 0 Å². The summed E-state index contributed by atoms with van der Waals surface area (Å²) >= 11 is 0. The van der Waals surface area contributed by atoms with Gasteiger partial charge in [0.15, 0.2) is 0 Å². The van der Waals surface area contributed by atoms with Crippen molar-refractivity contribution in [3.63, 3.8) is 0 Å². The van der Waals surface area contributed by atoms with Gasteiger partial charge in [0, 0.05) is 26.2 Å². The fourth-order valence-electron chi connectivity index (χ4n) is 1.32. The molecule has 0 radical (unpaired) electrons. The van der Waals surface area contributed by atoms with Crippen molar-refractivity contribution in [3.8, 4) is 0 Å². The first-order chi connectivity index (χ1) is 8.33. The second kappa shape index (κ2) is 11.6. The zero-order chi connectivity index (χ0) is 12.9. The van der Waals surface area contributed by atoms with Gasteiger partial charge in [-0.2, -0.15) is 0 Å². The van der Waals surface area contributed by atoms with Crippen LogP contribution in [0.3, 0.4) is 0 Å². The number of hydrogen-bond acceptors (Lipinski definition) is 2. The lowest BCUT2D eigenvalue weighted by Crippen LogP contribution is -2.39. The van der Waals surface area contributed by atoms with Gasteiger partial charge in [0.2, 0.25) is 0 Å². The second-order valence-corrected chi connectivity index (χ2v) is 3.48. The molecule has 17 heavy (non-hydrogen) atoms. The first-order valence-corrected chi connectivity index (χ1v) is 6.49. The van der Waals surface area contributed by atoms with Gasteiger partial charge in [-0.1, -0.05) is 32.9 Å². The molecule has 1 aromatic rings. The largest absolute Gasteiger partial charge is 0.314 e. The average molecular weight is 240 g/mol. The van der Waals surface area contributed by atoms with Crippen LogP contribution in [0.2, 0.25) is 0 Å². The number of hydrogen-bond donors (Lipinski definition) is 2. The van der Waals surface area contributed by atoms with Gasteiger partial charge < -0.3 is 10.6 Å². The molecule has 0 spiro atoms. The van der Waals surface area contributed by atoms with Gasteiger partial charge in [-0.05, 0) is 24.1 Å². The van der Waals surface area contributed by atoms with Crippen molar-refractivity contribution < 1.29 is 4.39 Å². The summed E-state index contributed by atoms with van der Waals surface area (Å²) < 4.78 is 12.2. The fourth-order valence-corrected chi connectivity index (χ4v) is 1.32. The lowest BCUT2D eigenvalue weighted by Gasteiger charge is -2.11. The van der Waals surface area contributed by atoms with Crippen LogP contribution < -0.4 is 10.6 Å². The molecule has 3 heteroatoms. The maximum Gasteiger partial charge on any atom is 0.123 e. The lowest BCUT2D eigenvalue weighted by molar-refractivity contribution is 0.534. The number of piperazine rings is 1. The van der Waals surface area contributed by atoms with Crippen molar-refractivity contribution in [3.05, 3.63) is 35.6 Å². The molecule has 0 bridgehead atoms. The van der Waals surface area contributed by atoms with Crippen molar-refractivity contribution in [1.29, 1.82) is 0 Å². The predicted molar refractivity (Wildman–Crippen MR) is 72.9 cm³/mol. The Labute approximate surface area is 105 Å². The zero-order valence-corrected chi connectivity index (χ0v) is 11.2. The van der Waals surface area contributed by atoms with Gasteiger partial charge in [0.1, 0.15) is 5.82 Å². The van der Waals surface area contributed by atoms with E-state index in [2.05, 4.69) is 10.6 Å². The first-order valence-electron chi connectivity index (χ1n) is 6.49. The van der Waals surface area contributed by atoms with Crippen LogP contribution in [0.4, 0.5) is 4.39 Å². The quantitative estimate of drug-likeness (QED) is 0.788. The Morgan fingerprint density at radius 3 is 1.65 bits per heavy atom.